The maximum absolute atomic E-state index is 14.8. The first kappa shape index (κ1) is 55.1. The Hall–Kier alpha value is -13.4. The van der Waals surface area contributed by atoms with Gasteiger partial charge in [0.25, 0.3) is 0 Å². The van der Waals surface area contributed by atoms with Gasteiger partial charge in [-0.2, -0.15) is 23.7 Å². The molecule has 0 aliphatic heterocycles. The summed E-state index contributed by atoms with van der Waals surface area (Å²) in [5, 5.41) is 35.5. The van der Waals surface area contributed by atoms with E-state index in [4.69, 9.17) is 0 Å². The molecule has 14 aromatic carbocycles. The molecule has 0 spiro atoms. The van der Waals surface area contributed by atoms with Gasteiger partial charge in [0.15, 0.2) is 0 Å². The van der Waals surface area contributed by atoms with E-state index in [-0.39, 0.29) is 16.7 Å². The molecule has 0 saturated heterocycles. The molecule has 0 saturated carbocycles. The molecule has 8 nitrogen and oxygen atoms in total. The van der Waals surface area contributed by atoms with Crippen molar-refractivity contribution in [1.29, 1.82) is 10.5 Å². The van der Waals surface area contributed by atoms with Crippen LogP contribution in [0.3, 0.4) is 0 Å². The fraction of sp³-hybridized carbons (Fsp3) is 0.0115. The highest BCUT2D eigenvalue weighted by Gasteiger charge is 2.32. The molecule has 20 rings (SSSR count). The summed E-state index contributed by atoms with van der Waals surface area (Å²) in [7, 11) is 0. The molecule has 20 aromatic rings. The largest absolute Gasteiger partial charge is 0.416 e. The lowest BCUT2D eigenvalue weighted by Gasteiger charge is -2.21. The van der Waals surface area contributed by atoms with E-state index in [1.54, 1.807) is 0 Å². The van der Waals surface area contributed by atoms with Gasteiger partial charge >= 0.3 is 6.18 Å². The van der Waals surface area contributed by atoms with Gasteiger partial charge in [0.1, 0.15) is 0 Å². The van der Waals surface area contributed by atoms with Crippen molar-refractivity contribution >= 4 is 131 Å². The molecule has 0 aliphatic carbocycles. The zero-order valence-corrected chi connectivity index (χ0v) is 52.0. The number of aromatic nitrogens is 6. The molecule has 0 radical (unpaired) electrons. The van der Waals surface area contributed by atoms with E-state index in [9.17, 15) is 23.7 Å². The molecule has 6 heterocycles. The van der Waals surface area contributed by atoms with Crippen molar-refractivity contribution in [2.45, 2.75) is 6.18 Å². The van der Waals surface area contributed by atoms with Gasteiger partial charge in [-0.3, -0.25) is 0 Å². The van der Waals surface area contributed by atoms with Gasteiger partial charge in [-0.05, 0) is 121 Å². The minimum absolute atomic E-state index is 0.157. The smallest absolute Gasteiger partial charge is 0.309 e. The molecular weight excluding hydrogens is 1210 g/mol. The van der Waals surface area contributed by atoms with E-state index < -0.39 is 11.7 Å². The number of nitrogens with zero attached hydrogens (tertiary/aromatic N) is 8. The van der Waals surface area contributed by atoms with Crippen molar-refractivity contribution in [2.24, 2.45) is 0 Å². The van der Waals surface area contributed by atoms with Crippen molar-refractivity contribution in [2.75, 3.05) is 0 Å². The van der Waals surface area contributed by atoms with Crippen LogP contribution in [0.2, 0.25) is 0 Å². The highest BCUT2D eigenvalue weighted by Crippen LogP contribution is 2.47. The number of nitriles is 2. The summed E-state index contributed by atoms with van der Waals surface area (Å²) in [6.07, 6.45) is -4.74. The zero-order chi connectivity index (χ0) is 65.2. The van der Waals surface area contributed by atoms with E-state index in [1.165, 1.54) is 6.07 Å². The summed E-state index contributed by atoms with van der Waals surface area (Å²) in [5.41, 5.74) is 15.8. The lowest BCUT2D eigenvalue weighted by molar-refractivity contribution is -0.137. The predicted octanol–water partition coefficient (Wildman–Crippen LogP) is 22.7. The van der Waals surface area contributed by atoms with Crippen molar-refractivity contribution in [3.63, 3.8) is 0 Å². The summed E-state index contributed by atoms with van der Waals surface area (Å²) in [5.74, 6) is 0. The molecule has 458 valence electrons. The number of para-hydroxylation sites is 8. The highest BCUT2D eigenvalue weighted by molar-refractivity contribution is 6.17. The molecule has 0 N–H and O–H groups in total. The summed E-state index contributed by atoms with van der Waals surface area (Å²) >= 11 is 0. The molecule has 11 heteroatoms. The number of benzene rings is 14. The van der Waals surface area contributed by atoms with Crippen LogP contribution < -0.4 is 0 Å². The second kappa shape index (κ2) is 20.6. The van der Waals surface area contributed by atoms with Crippen LogP contribution in [0.15, 0.2) is 297 Å². The third-order valence-electron chi connectivity index (χ3n) is 20.3. The first-order valence-corrected chi connectivity index (χ1v) is 32.5. The minimum Gasteiger partial charge on any atom is -0.309 e. The molecule has 0 fully saturated rings. The number of fused-ring (bicyclic) bond motifs is 18. The summed E-state index contributed by atoms with van der Waals surface area (Å²) in [6, 6.07) is 106. The Bertz CT molecular complexity index is 6410. The highest BCUT2D eigenvalue weighted by atomic mass is 19.4. The lowest BCUT2D eigenvalue weighted by Crippen LogP contribution is -2.08. The van der Waals surface area contributed by atoms with Crippen molar-refractivity contribution in [3.8, 4) is 57.4 Å². The third kappa shape index (κ3) is 7.81. The number of hydrogen-bond acceptors (Lipinski definition) is 2. The molecular formula is C87H49F3N8. The maximum atomic E-state index is 14.8. The molecule has 0 amide bonds. The van der Waals surface area contributed by atoms with Gasteiger partial charge in [0.2, 0.25) is 0 Å². The Morgan fingerprint density at radius 3 is 0.735 bits per heavy atom. The van der Waals surface area contributed by atoms with Gasteiger partial charge in [-0.15, -0.1) is 0 Å². The molecule has 98 heavy (non-hydrogen) atoms. The van der Waals surface area contributed by atoms with Crippen molar-refractivity contribution in [3.05, 3.63) is 314 Å². The summed E-state index contributed by atoms with van der Waals surface area (Å²) in [4.78, 5) is 0. The Morgan fingerprint density at radius 1 is 0.224 bits per heavy atom. The second-order valence-corrected chi connectivity index (χ2v) is 25.3. The van der Waals surface area contributed by atoms with Crippen LogP contribution in [0.5, 0.6) is 0 Å². The fourth-order valence-electron chi connectivity index (χ4n) is 16.2. The van der Waals surface area contributed by atoms with Gasteiger partial charge in [-0.1, -0.05) is 176 Å². The van der Waals surface area contributed by atoms with E-state index in [2.05, 4.69) is 306 Å². The Balaban J connectivity index is 0.970. The van der Waals surface area contributed by atoms with Crippen LogP contribution in [-0.4, -0.2) is 27.4 Å². The van der Waals surface area contributed by atoms with E-state index in [0.29, 0.717) is 16.9 Å². The maximum Gasteiger partial charge on any atom is 0.416 e. The summed E-state index contributed by atoms with van der Waals surface area (Å²) < 4.78 is 58.1. The molecule has 0 atom stereocenters. The van der Waals surface area contributed by atoms with Crippen LogP contribution in [0.1, 0.15) is 16.7 Å². The zero-order valence-electron chi connectivity index (χ0n) is 52.0. The normalized spacial score (nSPS) is 12.2. The van der Waals surface area contributed by atoms with Crippen LogP contribution in [0.25, 0.3) is 176 Å². The van der Waals surface area contributed by atoms with Crippen molar-refractivity contribution in [1.82, 2.24) is 27.4 Å². The van der Waals surface area contributed by atoms with E-state index >= 15 is 0 Å². The van der Waals surface area contributed by atoms with E-state index in [1.807, 2.05) is 12.1 Å². The number of alkyl halides is 3. The van der Waals surface area contributed by atoms with E-state index in [0.717, 1.165) is 166 Å². The first-order valence-electron chi connectivity index (χ1n) is 32.5. The quantitative estimate of drug-likeness (QED) is 0.159. The third-order valence-corrected chi connectivity index (χ3v) is 20.3. The second-order valence-electron chi connectivity index (χ2n) is 25.3. The Kier molecular flexibility index (Phi) is 11.6. The first-order chi connectivity index (χ1) is 48.2. The summed E-state index contributed by atoms with van der Waals surface area (Å²) in [6.45, 7) is 0. The fourth-order valence-corrected chi connectivity index (χ4v) is 16.2. The number of halogens is 3. The Morgan fingerprint density at radius 2 is 0.469 bits per heavy atom. The molecule has 0 aliphatic rings. The van der Waals surface area contributed by atoms with Crippen molar-refractivity contribution < 1.29 is 13.2 Å². The van der Waals surface area contributed by atoms with Gasteiger partial charge < -0.3 is 27.4 Å². The van der Waals surface area contributed by atoms with Gasteiger partial charge in [0.05, 0.1) is 106 Å². The predicted molar refractivity (Wildman–Crippen MR) is 392 cm³/mol. The minimum atomic E-state index is -4.74. The average molecular weight is 1260 g/mol. The van der Waals surface area contributed by atoms with Gasteiger partial charge in [-0.25, -0.2) is 0 Å². The molecule has 0 unspecified atom stereocenters. The number of hydrogen-bond donors (Lipinski definition) is 0. The Labute approximate surface area is 556 Å². The molecule has 6 aromatic heterocycles. The van der Waals surface area contributed by atoms with Crippen LogP contribution in [0, 0.1) is 22.7 Å². The number of rotatable bonds is 7. The topological polar surface area (TPSA) is 77.2 Å². The lowest BCUT2D eigenvalue weighted by atomic mass is 9.93. The molecule has 0 bridgehead atoms. The SMILES string of the molecule is N#Cc1cc(C(F)(F)F)ccc1-c1cc(-n2c3cc(-n4c5ccccc5c5ccccc54)ccc3c3ccc(-n4c5ccccc5c5ccccc54)cc32)c(-n2c3cc(-n4c5ccccc5c5ccccc54)ccc3c3ccc(-n4c5ccccc5c5ccccc54)cc32)cc1C#N. The monoisotopic (exact) mass is 1260 g/mol. The van der Waals surface area contributed by atoms with Crippen LogP contribution in [0.4, 0.5) is 13.2 Å². The van der Waals surface area contributed by atoms with Crippen LogP contribution in [-0.2, 0) is 6.18 Å². The van der Waals surface area contributed by atoms with Gasteiger partial charge in [0, 0.05) is 98.5 Å². The average Bonchev–Trinajstić information content (AvgIpc) is 1.54. The van der Waals surface area contributed by atoms with Crippen LogP contribution >= 0.6 is 0 Å². The standard InChI is InChI=1S/C87H49F3N8/c88-87(89,90)54-33-38-59(52(43-54)50-91)72-49-86(98-83-47-57(95-77-29-13-5-21-64(77)65-22-6-14-30-78(65)95)36-41-70(83)71-42-37-58(48-84(71)98)96-79-31-15-7-23-66(79)67-24-8-16-32-80(67)96)85(44-53(72)51-92)97-81-45-55(93-73-25-9-1-17-60(73)61-18-2-10-26-74(61)93)34-39-68(81)69-40-35-56(46-82(69)97)94-75-27-11-3-19-62(75)63-20-4-12-28-76(63)94/h1-49H.